The third kappa shape index (κ3) is 5.20. The third-order valence-electron chi connectivity index (χ3n) is 5.15. The maximum atomic E-state index is 11.6. The number of nitrogens with zero attached hydrogens (tertiary/aromatic N) is 1. The lowest BCUT2D eigenvalue weighted by atomic mass is 9.98. The van der Waals surface area contributed by atoms with Gasteiger partial charge in [-0.15, -0.1) is 0 Å². The van der Waals surface area contributed by atoms with Gasteiger partial charge in [0.05, 0.1) is 24.1 Å². The van der Waals surface area contributed by atoms with Crippen LogP contribution in [-0.2, 0) is 11.3 Å². The average Bonchev–Trinajstić information content (AvgIpc) is 2.72. The van der Waals surface area contributed by atoms with Gasteiger partial charge in [0.15, 0.2) is 0 Å². The number of hydrogen-bond donors (Lipinski definition) is 4. The summed E-state index contributed by atoms with van der Waals surface area (Å²) in [6.45, 7) is 3.73. The van der Waals surface area contributed by atoms with E-state index >= 15 is 0 Å². The number of likely N-dealkylation sites (tertiary alicyclic amines) is 1. The number of rotatable bonds is 6. The minimum absolute atomic E-state index is 0.0312. The summed E-state index contributed by atoms with van der Waals surface area (Å²) in [5.74, 6) is -0.447. The number of ether oxygens (including phenoxy) is 1. The number of nitrogen functional groups attached to an aromatic ring is 1. The summed E-state index contributed by atoms with van der Waals surface area (Å²) in [6.07, 6.45) is 1.80. The summed E-state index contributed by atoms with van der Waals surface area (Å²) < 4.78 is 6.04. The summed E-state index contributed by atoms with van der Waals surface area (Å²) in [4.78, 5) is 13.6. The van der Waals surface area contributed by atoms with Crippen molar-refractivity contribution in [2.75, 3.05) is 13.1 Å². The van der Waals surface area contributed by atoms with Crippen LogP contribution < -0.4 is 5.73 Å². The first-order chi connectivity index (χ1) is 13.8. The number of amidine groups is 2. The molecule has 0 aromatic heterocycles. The molecular formula is C22H26N4O3. The standard InChI is InChI=1S/C22H26N4O3/c1-14(23)26-7-5-20(6-8-26)29-13-15-9-18(12-19(10-15)22(27)28)16-3-2-4-17(11-16)21(24)25/h2-4,9-12,20,23H,5-8,13H2,1H3,(H3,24,25)(H,27,28). The van der Waals surface area contributed by atoms with Crippen molar-refractivity contribution in [2.24, 2.45) is 5.73 Å². The second-order valence-corrected chi connectivity index (χ2v) is 7.30. The van der Waals surface area contributed by atoms with Crippen LogP contribution in [0.5, 0.6) is 0 Å². The van der Waals surface area contributed by atoms with Gasteiger partial charge < -0.3 is 20.5 Å². The maximum Gasteiger partial charge on any atom is 0.335 e. The first-order valence-corrected chi connectivity index (χ1v) is 9.57. The Balaban J connectivity index is 1.77. The molecule has 152 valence electrons. The fourth-order valence-corrected chi connectivity index (χ4v) is 3.50. The molecule has 5 N–H and O–H groups in total. The number of aromatic carboxylic acids is 1. The van der Waals surface area contributed by atoms with Crippen molar-refractivity contribution in [1.29, 1.82) is 10.8 Å². The summed E-state index contributed by atoms with van der Waals surface area (Å²) in [5.41, 5.74) is 8.71. The summed E-state index contributed by atoms with van der Waals surface area (Å²) >= 11 is 0. The Labute approximate surface area is 170 Å². The first kappa shape index (κ1) is 20.5. The lowest BCUT2D eigenvalue weighted by Crippen LogP contribution is -2.39. The summed E-state index contributed by atoms with van der Waals surface area (Å²) in [6, 6.07) is 12.4. The zero-order valence-electron chi connectivity index (χ0n) is 16.4. The van der Waals surface area contributed by atoms with Gasteiger partial charge in [-0.2, -0.15) is 0 Å². The molecule has 0 atom stereocenters. The third-order valence-corrected chi connectivity index (χ3v) is 5.15. The largest absolute Gasteiger partial charge is 0.478 e. The maximum absolute atomic E-state index is 11.6. The Bertz CT molecular complexity index is 933. The smallest absolute Gasteiger partial charge is 0.335 e. The van der Waals surface area contributed by atoms with Crippen LogP contribution in [0.15, 0.2) is 42.5 Å². The monoisotopic (exact) mass is 394 g/mol. The molecule has 1 fully saturated rings. The highest BCUT2D eigenvalue weighted by Crippen LogP contribution is 2.25. The van der Waals surface area contributed by atoms with Gasteiger partial charge in [-0.25, -0.2) is 4.79 Å². The van der Waals surface area contributed by atoms with Gasteiger partial charge in [-0.3, -0.25) is 10.8 Å². The number of nitrogens with one attached hydrogen (secondary N) is 2. The molecule has 0 saturated carbocycles. The van der Waals surface area contributed by atoms with E-state index < -0.39 is 5.97 Å². The lowest BCUT2D eigenvalue weighted by molar-refractivity contribution is 0.00820. The number of carbonyl (C=O) groups is 1. The van der Waals surface area contributed by atoms with Crippen LogP contribution in [0.1, 0.15) is 41.3 Å². The van der Waals surface area contributed by atoms with E-state index in [0.29, 0.717) is 18.0 Å². The number of carboxylic acid groups (broad SMARTS) is 1. The van der Waals surface area contributed by atoms with E-state index in [1.807, 2.05) is 17.0 Å². The molecule has 7 nitrogen and oxygen atoms in total. The van der Waals surface area contributed by atoms with Crippen molar-refractivity contribution in [3.63, 3.8) is 0 Å². The lowest BCUT2D eigenvalue weighted by Gasteiger charge is -2.32. The van der Waals surface area contributed by atoms with E-state index in [1.54, 1.807) is 37.3 Å². The molecule has 0 aliphatic carbocycles. The second-order valence-electron chi connectivity index (χ2n) is 7.30. The highest BCUT2D eigenvalue weighted by Gasteiger charge is 2.20. The fourth-order valence-electron chi connectivity index (χ4n) is 3.50. The van der Waals surface area contributed by atoms with E-state index in [9.17, 15) is 9.90 Å². The molecule has 1 aliphatic rings. The zero-order chi connectivity index (χ0) is 21.0. The molecule has 1 heterocycles. The van der Waals surface area contributed by atoms with E-state index in [-0.39, 0.29) is 17.5 Å². The molecule has 1 saturated heterocycles. The topological polar surface area (TPSA) is 123 Å². The number of nitrogens with two attached hydrogens (primary N) is 1. The van der Waals surface area contributed by atoms with Crippen molar-refractivity contribution in [3.05, 3.63) is 59.2 Å². The molecule has 29 heavy (non-hydrogen) atoms. The molecule has 0 bridgehead atoms. The molecule has 7 heteroatoms. The van der Waals surface area contributed by atoms with Crippen molar-refractivity contribution in [1.82, 2.24) is 4.90 Å². The molecule has 0 amide bonds. The zero-order valence-corrected chi connectivity index (χ0v) is 16.4. The average molecular weight is 394 g/mol. The van der Waals surface area contributed by atoms with E-state index in [4.69, 9.17) is 21.3 Å². The predicted octanol–water partition coefficient (Wildman–Crippen LogP) is 3.31. The van der Waals surface area contributed by atoms with Crippen LogP contribution in [0.4, 0.5) is 0 Å². The van der Waals surface area contributed by atoms with Crippen molar-refractivity contribution in [3.8, 4) is 11.1 Å². The van der Waals surface area contributed by atoms with E-state index in [1.165, 1.54) is 0 Å². The van der Waals surface area contributed by atoms with E-state index in [0.717, 1.165) is 42.6 Å². The van der Waals surface area contributed by atoms with Gasteiger partial charge in [-0.1, -0.05) is 18.2 Å². The summed E-state index contributed by atoms with van der Waals surface area (Å²) in [5, 5.41) is 24.8. The number of benzene rings is 2. The minimum atomic E-state index is -0.995. The first-order valence-electron chi connectivity index (χ1n) is 9.57. The number of piperidine rings is 1. The van der Waals surface area contributed by atoms with Gasteiger partial charge in [-0.05, 0) is 60.7 Å². The predicted molar refractivity (Wildman–Crippen MR) is 113 cm³/mol. The quantitative estimate of drug-likeness (QED) is 0.442. The van der Waals surface area contributed by atoms with Crippen LogP contribution in [0, 0.1) is 10.8 Å². The Hall–Kier alpha value is -3.19. The Kier molecular flexibility index (Phi) is 6.29. The van der Waals surface area contributed by atoms with Crippen LogP contribution in [-0.4, -0.2) is 46.8 Å². The highest BCUT2D eigenvalue weighted by molar-refractivity contribution is 5.96. The van der Waals surface area contributed by atoms with Gasteiger partial charge >= 0.3 is 5.97 Å². The molecule has 0 unspecified atom stereocenters. The van der Waals surface area contributed by atoms with Crippen LogP contribution in [0.2, 0.25) is 0 Å². The molecule has 3 rings (SSSR count). The molecular weight excluding hydrogens is 368 g/mol. The van der Waals surface area contributed by atoms with Gasteiger partial charge in [0, 0.05) is 18.7 Å². The fraction of sp³-hybridized carbons (Fsp3) is 0.318. The van der Waals surface area contributed by atoms with Crippen LogP contribution in [0.25, 0.3) is 11.1 Å². The normalized spacial score (nSPS) is 14.6. The number of carboxylic acids is 1. The van der Waals surface area contributed by atoms with Crippen molar-refractivity contribution in [2.45, 2.75) is 32.5 Å². The summed E-state index contributed by atoms with van der Waals surface area (Å²) in [7, 11) is 0. The molecule has 1 aliphatic heterocycles. The molecule has 0 spiro atoms. The SMILES string of the molecule is CC(=N)N1CCC(OCc2cc(C(=O)O)cc(-c3cccc(C(=N)N)c3)c2)CC1. The molecule has 2 aromatic carbocycles. The molecule has 0 radical (unpaired) electrons. The number of hydrogen-bond acceptors (Lipinski definition) is 4. The Morgan fingerprint density at radius 1 is 1.14 bits per heavy atom. The molecule has 2 aromatic rings. The van der Waals surface area contributed by atoms with E-state index in [2.05, 4.69) is 0 Å². The second kappa shape index (κ2) is 8.87. The van der Waals surface area contributed by atoms with Crippen molar-refractivity contribution >= 4 is 17.6 Å². The van der Waals surface area contributed by atoms with Gasteiger partial charge in [0.2, 0.25) is 0 Å². The van der Waals surface area contributed by atoms with Crippen LogP contribution in [0.3, 0.4) is 0 Å². The Morgan fingerprint density at radius 3 is 2.45 bits per heavy atom. The Morgan fingerprint density at radius 2 is 1.83 bits per heavy atom. The van der Waals surface area contributed by atoms with Gasteiger partial charge in [0.1, 0.15) is 5.84 Å². The van der Waals surface area contributed by atoms with Crippen LogP contribution >= 0.6 is 0 Å². The van der Waals surface area contributed by atoms with Gasteiger partial charge in [0.25, 0.3) is 0 Å². The minimum Gasteiger partial charge on any atom is -0.478 e. The van der Waals surface area contributed by atoms with Crippen molar-refractivity contribution < 1.29 is 14.6 Å². The highest BCUT2D eigenvalue weighted by atomic mass is 16.5.